The van der Waals surface area contributed by atoms with Gasteiger partial charge in [0.1, 0.15) is 5.82 Å². The molecule has 0 unspecified atom stereocenters. The van der Waals surface area contributed by atoms with Gasteiger partial charge in [-0.15, -0.1) is 0 Å². The van der Waals surface area contributed by atoms with E-state index >= 15 is 0 Å². The Labute approximate surface area is 112 Å². The SMILES string of the molecule is CC(CO)(CO)Nc1nc2ccccc2cc1CN. The van der Waals surface area contributed by atoms with Crippen LogP contribution in [0.2, 0.25) is 0 Å². The zero-order valence-electron chi connectivity index (χ0n) is 10.9. The second-order valence-electron chi connectivity index (χ2n) is 4.89. The molecule has 0 aliphatic carbocycles. The average Bonchev–Trinajstić information content (AvgIpc) is 2.46. The van der Waals surface area contributed by atoms with Gasteiger partial charge in [0.2, 0.25) is 0 Å². The van der Waals surface area contributed by atoms with Crippen molar-refractivity contribution < 1.29 is 10.2 Å². The summed E-state index contributed by atoms with van der Waals surface area (Å²) in [6.45, 7) is 1.68. The van der Waals surface area contributed by atoms with Gasteiger partial charge < -0.3 is 21.3 Å². The van der Waals surface area contributed by atoms with E-state index in [1.807, 2.05) is 30.3 Å². The molecule has 102 valence electrons. The number of benzene rings is 1. The minimum absolute atomic E-state index is 0.192. The van der Waals surface area contributed by atoms with E-state index in [1.54, 1.807) is 6.92 Å². The minimum atomic E-state index is -0.820. The molecule has 1 heterocycles. The largest absolute Gasteiger partial charge is 0.394 e. The van der Waals surface area contributed by atoms with Crippen LogP contribution in [0.5, 0.6) is 0 Å². The molecule has 0 radical (unpaired) electrons. The first-order chi connectivity index (χ1) is 9.11. The van der Waals surface area contributed by atoms with E-state index in [1.165, 1.54) is 0 Å². The van der Waals surface area contributed by atoms with Crippen LogP contribution in [0.25, 0.3) is 10.9 Å². The van der Waals surface area contributed by atoms with Crippen molar-refractivity contribution in [3.63, 3.8) is 0 Å². The molecule has 0 spiro atoms. The Morgan fingerprint density at radius 2 is 1.95 bits per heavy atom. The van der Waals surface area contributed by atoms with Crippen molar-refractivity contribution in [1.29, 1.82) is 0 Å². The number of nitrogens with two attached hydrogens (primary N) is 1. The third kappa shape index (κ3) is 2.84. The van der Waals surface area contributed by atoms with Crippen molar-refractivity contribution in [3.8, 4) is 0 Å². The summed E-state index contributed by atoms with van der Waals surface area (Å²) < 4.78 is 0. The van der Waals surface area contributed by atoms with Crippen LogP contribution in [-0.4, -0.2) is 33.9 Å². The van der Waals surface area contributed by atoms with E-state index in [9.17, 15) is 10.2 Å². The maximum absolute atomic E-state index is 9.34. The first-order valence-corrected chi connectivity index (χ1v) is 6.20. The summed E-state index contributed by atoms with van der Waals surface area (Å²) in [5.74, 6) is 0.604. The summed E-state index contributed by atoms with van der Waals surface area (Å²) in [5, 5.41) is 22.8. The van der Waals surface area contributed by atoms with Crippen LogP contribution in [0, 0.1) is 0 Å². The quantitative estimate of drug-likeness (QED) is 0.640. The number of fused-ring (bicyclic) bond motifs is 1. The Hall–Kier alpha value is -1.69. The van der Waals surface area contributed by atoms with Crippen molar-refractivity contribution >= 4 is 16.7 Å². The number of rotatable bonds is 5. The molecule has 0 bridgehead atoms. The molecule has 0 amide bonds. The van der Waals surface area contributed by atoms with Crippen LogP contribution in [-0.2, 0) is 6.54 Å². The number of para-hydroxylation sites is 1. The molecule has 19 heavy (non-hydrogen) atoms. The van der Waals surface area contributed by atoms with E-state index in [-0.39, 0.29) is 13.2 Å². The fourth-order valence-corrected chi connectivity index (χ4v) is 1.84. The van der Waals surface area contributed by atoms with Crippen LogP contribution in [0.15, 0.2) is 30.3 Å². The molecule has 0 atom stereocenters. The maximum Gasteiger partial charge on any atom is 0.131 e. The topological polar surface area (TPSA) is 91.4 Å². The number of pyridine rings is 1. The monoisotopic (exact) mass is 261 g/mol. The Morgan fingerprint density at radius 3 is 2.58 bits per heavy atom. The molecule has 1 aromatic heterocycles. The highest BCUT2D eigenvalue weighted by atomic mass is 16.3. The molecule has 0 saturated heterocycles. The van der Waals surface area contributed by atoms with Crippen LogP contribution in [0.3, 0.4) is 0 Å². The van der Waals surface area contributed by atoms with Gasteiger partial charge in [0.25, 0.3) is 0 Å². The molecule has 0 aliphatic rings. The minimum Gasteiger partial charge on any atom is -0.394 e. The fourth-order valence-electron chi connectivity index (χ4n) is 1.84. The van der Waals surface area contributed by atoms with Crippen molar-refractivity contribution in [2.75, 3.05) is 18.5 Å². The lowest BCUT2D eigenvalue weighted by Crippen LogP contribution is -2.43. The van der Waals surface area contributed by atoms with Crippen LogP contribution < -0.4 is 11.1 Å². The van der Waals surface area contributed by atoms with E-state index in [2.05, 4.69) is 10.3 Å². The second-order valence-corrected chi connectivity index (χ2v) is 4.89. The third-order valence-corrected chi connectivity index (χ3v) is 3.14. The summed E-state index contributed by atoms with van der Waals surface area (Å²) in [6.07, 6.45) is 0. The first kappa shape index (κ1) is 13.7. The van der Waals surface area contributed by atoms with Gasteiger partial charge in [0.05, 0.1) is 24.3 Å². The number of hydrogen-bond acceptors (Lipinski definition) is 5. The van der Waals surface area contributed by atoms with Gasteiger partial charge in [-0.2, -0.15) is 0 Å². The second kappa shape index (κ2) is 5.52. The van der Waals surface area contributed by atoms with Gasteiger partial charge in [-0.3, -0.25) is 0 Å². The number of anilines is 1. The molecular weight excluding hydrogens is 242 g/mol. The number of nitrogens with zero attached hydrogens (tertiary/aromatic N) is 1. The van der Waals surface area contributed by atoms with Crippen molar-refractivity contribution in [3.05, 3.63) is 35.9 Å². The number of aromatic nitrogens is 1. The highest BCUT2D eigenvalue weighted by molar-refractivity contribution is 5.81. The molecule has 0 aliphatic heterocycles. The van der Waals surface area contributed by atoms with Gasteiger partial charge >= 0.3 is 0 Å². The Kier molecular flexibility index (Phi) is 3.99. The summed E-state index contributed by atoms with van der Waals surface area (Å²) in [5.41, 5.74) is 6.62. The number of aliphatic hydroxyl groups is 2. The summed E-state index contributed by atoms with van der Waals surface area (Å²) >= 11 is 0. The normalized spacial score (nSPS) is 11.8. The summed E-state index contributed by atoms with van der Waals surface area (Å²) in [4.78, 5) is 4.51. The fraction of sp³-hybridized carbons (Fsp3) is 0.357. The zero-order chi connectivity index (χ0) is 13.9. The summed E-state index contributed by atoms with van der Waals surface area (Å²) in [7, 11) is 0. The lowest BCUT2D eigenvalue weighted by Gasteiger charge is -2.28. The highest BCUT2D eigenvalue weighted by Gasteiger charge is 2.23. The molecule has 2 aromatic rings. The Bertz CT molecular complexity index is 568. The predicted molar refractivity (Wildman–Crippen MR) is 75.8 cm³/mol. The molecule has 0 fully saturated rings. The van der Waals surface area contributed by atoms with E-state index in [0.717, 1.165) is 16.5 Å². The molecule has 1 aromatic carbocycles. The summed E-state index contributed by atoms with van der Waals surface area (Å²) in [6, 6.07) is 9.72. The van der Waals surface area contributed by atoms with Crippen LogP contribution in [0.1, 0.15) is 12.5 Å². The van der Waals surface area contributed by atoms with Gasteiger partial charge in [-0.05, 0) is 19.1 Å². The Balaban J connectivity index is 2.46. The number of hydrogen-bond donors (Lipinski definition) is 4. The van der Waals surface area contributed by atoms with Gasteiger partial charge in [0.15, 0.2) is 0 Å². The van der Waals surface area contributed by atoms with E-state index in [4.69, 9.17) is 5.73 Å². The standard InChI is InChI=1S/C14H19N3O2/c1-14(8-18,9-19)17-13-11(7-15)6-10-4-2-3-5-12(10)16-13/h2-6,18-19H,7-9,15H2,1H3,(H,16,17). The molecular formula is C14H19N3O2. The third-order valence-electron chi connectivity index (χ3n) is 3.14. The number of aliphatic hydroxyl groups excluding tert-OH is 2. The van der Waals surface area contributed by atoms with E-state index in [0.29, 0.717) is 12.4 Å². The molecule has 5 N–H and O–H groups in total. The smallest absolute Gasteiger partial charge is 0.131 e. The number of nitrogens with one attached hydrogen (secondary N) is 1. The average molecular weight is 261 g/mol. The molecule has 0 saturated carbocycles. The predicted octanol–water partition coefficient (Wildman–Crippen LogP) is 0.849. The maximum atomic E-state index is 9.34. The van der Waals surface area contributed by atoms with Crippen molar-refractivity contribution in [1.82, 2.24) is 4.98 Å². The van der Waals surface area contributed by atoms with Crippen molar-refractivity contribution in [2.45, 2.75) is 19.0 Å². The van der Waals surface area contributed by atoms with Gasteiger partial charge in [-0.1, -0.05) is 18.2 Å². The molecule has 5 nitrogen and oxygen atoms in total. The van der Waals surface area contributed by atoms with Crippen molar-refractivity contribution in [2.24, 2.45) is 5.73 Å². The van der Waals surface area contributed by atoms with Crippen LogP contribution in [0.4, 0.5) is 5.82 Å². The molecule has 5 heteroatoms. The lowest BCUT2D eigenvalue weighted by atomic mass is 10.0. The highest BCUT2D eigenvalue weighted by Crippen LogP contribution is 2.22. The zero-order valence-corrected chi connectivity index (χ0v) is 10.9. The van der Waals surface area contributed by atoms with Gasteiger partial charge in [0, 0.05) is 17.5 Å². The Morgan fingerprint density at radius 1 is 1.26 bits per heavy atom. The molecule has 2 rings (SSSR count). The van der Waals surface area contributed by atoms with E-state index < -0.39 is 5.54 Å². The van der Waals surface area contributed by atoms with Gasteiger partial charge in [-0.25, -0.2) is 4.98 Å². The van der Waals surface area contributed by atoms with Crippen LogP contribution >= 0.6 is 0 Å². The first-order valence-electron chi connectivity index (χ1n) is 6.20. The lowest BCUT2D eigenvalue weighted by molar-refractivity contribution is 0.147.